The quantitative estimate of drug-likeness (QED) is 0.469. The summed E-state index contributed by atoms with van der Waals surface area (Å²) in [6.45, 7) is 9.27. The van der Waals surface area contributed by atoms with Crippen LogP contribution in [0.4, 0.5) is 0 Å². The molecule has 3 aromatic carbocycles. The van der Waals surface area contributed by atoms with Gasteiger partial charge in [-0.15, -0.1) is 0 Å². The topological polar surface area (TPSA) is 40.6 Å². The predicted molar refractivity (Wildman–Crippen MR) is 134 cm³/mol. The number of benzene rings is 3. The Labute approximate surface area is 198 Å². The van der Waals surface area contributed by atoms with Crippen LogP contribution in [0.25, 0.3) is 0 Å². The first-order valence-electron chi connectivity index (χ1n) is 11.7. The predicted octanol–water partition coefficient (Wildman–Crippen LogP) is 5.45. The van der Waals surface area contributed by atoms with E-state index in [1.54, 1.807) is 16.4 Å². The average Bonchev–Trinajstić information content (AvgIpc) is 3.26. The number of nitrogens with zero attached hydrogens (tertiary/aromatic N) is 2. The molecule has 0 amide bonds. The average molecular weight is 463 g/mol. The van der Waals surface area contributed by atoms with E-state index in [-0.39, 0.29) is 11.5 Å². The number of likely N-dealkylation sites (tertiary alicyclic amines) is 1. The molecule has 0 radical (unpaired) electrons. The van der Waals surface area contributed by atoms with Gasteiger partial charge in [0, 0.05) is 32.2 Å². The Morgan fingerprint density at radius 3 is 2.00 bits per heavy atom. The number of hydrogen-bond donors (Lipinski definition) is 0. The van der Waals surface area contributed by atoms with Crippen molar-refractivity contribution in [1.82, 2.24) is 9.21 Å². The van der Waals surface area contributed by atoms with Gasteiger partial charge in [-0.2, -0.15) is 4.31 Å². The Hall–Kier alpha value is -2.47. The van der Waals surface area contributed by atoms with Crippen LogP contribution in [0.2, 0.25) is 0 Å². The number of hydrogen-bond acceptors (Lipinski definition) is 3. The molecule has 0 aromatic heterocycles. The van der Waals surface area contributed by atoms with Gasteiger partial charge in [0.05, 0.1) is 4.90 Å². The second-order valence-corrected chi connectivity index (χ2v) is 11.9. The van der Waals surface area contributed by atoms with Crippen molar-refractivity contribution in [2.24, 2.45) is 0 Å². The Morgan fingerprint density at radius 1 is 0.848 bits per heavy atom. The molecule has 33 heavy (non-hydrogen) atoms. The van der Waals surface area contributed by atoms with Crippen LogP contribution >= 0.6 is 0 Å². The molecule has 0 saturated carbocycles. The van der Waals surface area contributed by atoms with Crippen molar-refractivity contribution in [3.8, 4) is 0 Å². The van der Waals surface area contributed by atoms with Crippen LogP contribution in [0.5, 0.6) is 0 Å². The molecule has 1 heterocycles. The molecule has 0 bridgehead atoms. The van der Waals surface area contributed by atoms with Crippen LogP contribution in [0.1, 0.15) is 43.9 Å². The van der Waals surface area contributed by atoms with Gasteiger partial charge in [-0.3, -0.25) is 4.90 Å². The van der Waals surface area contributed by atoms with Gasteiger partial charge >= 0.3 is 0 Å². The lowest BCUT2D eigenvalue weighted by Gasteiger charge is -2.29. The largest absolute Gasteiger partial charge is 0.297 e. The summed E-state index contributed by atoms with van der Waals surface area (Å²) in [4.78, 5) is 2.73. The summed E-state index contributed by atoms with van der Waals surface area (Å²) in [7, 11) is -3.63. The summed E-state index contributed by atoms with van der Waals surface area (Å²) < 4.78 is 29.4. The minimum Gasteiger partial charge on any atom is -0.297 e. The van der Waals surface area contributed by atoms with Gasteiger partial charge in [0.15, 0.2) is 0 Å². The molecule has 0 aliphatic carbocycles. The van der Waals surface area contributed by atoms with Crippen molar-refractivity contribution in [3.63, 3.8) is 0 Å². The molecule has 1 aliphatic heterocycles. The van der Waals surface area contributed by atoms with Crippen LogP contribution in [0.15, 0.2) is 89.8 Å². The standard InChI is InChI=1S/C28H34N2O2S/c1-28(2,3)25-14-16-27(17-15-25)33(31,32)30(21-24-12-8-5-9-13-24)26-18-19-29(22-26)20-23-10-6-4-7-11-23/h4-17,26H,18-22H2,1-3H3. The lowest BCUT2D eigenvalue weighted by Crippen LogP contribution is -2.41. The molecule has 1 unspecified atom stereocenters. The summed E-state index contributed by atoms with van der Waals surface area (Å²) in [6, 6.07) is 27.7. The van der Waals surface area contributed by atoms with Crippen LogP contribution in [-0.2, 0) is 28.5 Å². The fraction of sp³-hybridized carbons (Fsp3) is 0.357. The highest BCUT2D eigenvalue weighted by Gasteiger charge is 2.36. The SMILES string of the molecule is CC(C)(C)c1ccc(S(=O)(=O)N(Cc2ccccc2)C2CCN(Cc3ccccc3)C2)cc1. The highest BCUT2D eigenvalue weighted by atomic mass is 32.2. The summed E-state index contributed by atoms with van der Waals surface area (Å²) in [5, 5.41) is 0. The van der Waals surface area contributed by atoms with Gasteiger partial charge < -0.3 is 0 Å². The monoisotopic (exact) mass is 462 g/mol. The van der Waals surface area contributed by atoms with Gasteiger partial charge in [-0.05, 0) is 40.7 Å². The molecule has 1 fully saturated rings. The minimum atomic E-state index is -3.63. The zero-order chi connectivity index (χ0) is 23.5. The lowest BCUT2D eigenvalue weighted by atomic mass is 9.87. The van der Waals surface area contributed by atoms with E-state index in [1.807, 2.05) is 48.5 Å². The van der Waals surface area contributed by atoms with E-state index in [0.717, 1.165) is 37.2 Å². The molecule has 3 aromatic rings. The Bertz CT molecular complexity index is 1140. The summed E-state index contributed by atoms with van der Waals surface area (Å²) in [5.41, 5.74) is 3.38. The van der Waals surface area contributed by atoms with Crippen LogP contribution in [0, 0.1) is 0 Å². The van der Waals surface area contributed by atoms with E-state index in [9.17, 15) is 8.42 Å². The molecule has 5 heteroatoms. The normalized spacial score (nSPS) is 17.5. The van der Waals surface area contributed by atoms with E-state index >= 15 is 0 Å². The molecule has 4 rings (SSSR count). The molecule has 0 spiro atoms. The molecular weight excluding hydrogens is 428 g/mol. The molecule has 1 saturated heterocycles. The zero-order valence-corrected chi connectivity index (χ0v) is 20.6. The van der Waals surface area contributed by atoms with Gasteiger partial charge in [0.25, 0.3) is 0 Å². The highest BCUT2D eigenvalue weighted by molar-refractivity contribution is 7.89. The van der Waals surface area contributed by atoms with Gasteiger partial charge in [-0.1, -0.05) is 93.6 Å². The van der Waals surface area contributed by atoms with E-state index in [4.69, 9.17) is 0 Å². The Kier molecular flexibility index (Phi) is 7.03. The smallest absolute Gasteiger partial charge is 0.243 e. The lowest BCUT2D eigenvalue weighted by molar-refractivity contribution is 0.276. The Morgan fingerprint density at radius 2 is 1.42 bits per heavy atom. The first-order valence-corrected chi connectivity index (χ1v) is 13.1. The second-order valence-electron chi connectivity index (χ2n) is 9.97. The van der Waals surface area contributed by atoms with Crippen LogP contribution < -0.4 is 0 Å². The Balaban J connectivity index is 1.59. The molecular formula is C28H34N2O2S. The third kappa shape index (κ3) is 5.72. The fourth-order valence-corrected chi connectivity index (χ4v) is 6.10. The van der Waals surface area contributed by atoms with Gasteiger partial charge in [0.1, 0.15) is 0 Å². The third-order valence-electron chi connectivity index (χ3n) is 6.41. The second kappa shape index (κ2) is 9.80. The summed E-state index contributed by atoms with van der Waals surface area (Å²) in [5.74, 6) is 0. The molecule has 1 atom stereocenters. The van der Waals surface area contributed by atoms with Crippen molar-refractivity contribution < 1.29 is 8.42 Å². The molecule has 174 valence electrons. The van der Waals surface area contributed by atoms with Gasteiger partial charge in [-0.25, -0.2) is 8.42 Å². The van der Waals surface area contributed by atoms with E-state index in [0.29, 0.717) is 11.4 Å². The molecule has 1 aliphatic rings. The van der Waals surface area contributed by atoms with Crippen molar-refractivity contribution in [1.29, 1.82) is 0 Å². The fourth-order valence-electron chi connectivity index (χ4n) is 4.47. The van der Waals surface area contributed by atoms with Crippen LogP contribution in [0.3, 0.4) is 0 Å². The highest BCUT2D eigenvalue weighted by Crippen LogP contribution is 2.29. The van der Waals surface area contributed by atoms with E-state index in [2.05, 4.69) is 49.9 Å². The van der Waals surface area contributed by atoms with Crippen molar-refractivity contribution in [3.05, 3.63) is 102 Å². The third-order valence-corrected chi connectivity index (χ3v) is 8.32. The minimum absolute atomic E-state index is 0.0184. The van der Waals surface area contributed by atoms with Gasteiger partial charge in [0.2, 0.25) is 10.0 Å². The first kappa shape index (κ1) is 23.7. The number of sulfonamides is 1. The molecule has 4 nitrogen and oxygen atoms in total. The summed E-state index contributed by atoms with van der Waals surface area (Å²) >= 11 is 0. The maximum Gasteiger partial charge on any atom is 0.243 e. The van der Waals surface area contributed by atoms with E-state index < -0.39 is 10.0 Å². The molecule has 0 N–H and O–H groups in total. The van der Waals surface area contributed by atoms with Crippen molar-refractivity contribution in [2.75, 3.05) is 13.1 Å². The number of rotatable bonds is 7. The maximum absolute atomic E-state index is 13.9. The van der Waals surface area contributed by atoms with Crippen molar-refractivity contribution in [2.45, 2.75) is 56.6 Å². The maximum atomic E-state index is 13.9. The zero-order valence-electron chi connectivity index (χ0n) is 19.8. The summed E-state index contributed by atoms with van der Waals surface area (Å²) in [6.07, 6.45) is 0.832. The van der Waals surface area contributed by atoms with Crippen molar-refractivity contribution >= 4 is 10.0 Å². The van der Waals surface area contributed by atoms with Crippen LogP contribution in [-0.4, -0.2) is 36.8 Å². The van der Waals surface area contributed by atoms with E-state index in [1.165, 1.54) is 5.56 Å². The first-order chi connectivity index (χ1) is 15.7.